The van der Waals surface area contributed by atoms with E-state index in [1.165, 1.54) is 0 Å². The van der Waals surface area contributed by atoms with Crippen molar-refractivity contribution in [3.05, 3.63) is 0 Å². The van der Waals surface area contributed by atoms with Gasteiger partial charge in [-0.1, -0.05) is 0 Å². The Morgan fingerprint density at radius 2 is 1.43 bits per heavy atom. The second kappa shape index (κ2) is 13.7. The van der Waals surface area contributed by atoms with Crippen LogP contribution in [0.15, 0.2) is 0 Å². The molecule has 0 spiro atoms. The molecule has 0 bridgehead atoms. The van der Waals surface area contributed by atoms with E-state index >= 15 is 0 Å². The highest BCUT2D eigenvalue weighted by molar-refractivity contribution is 5.77. The number of likely N-dealkylation sites (N-methyl/N-ethyl adjacent to an activating group) is 1. The lowest BCUT2D eigenvalue weighted by atomic mass is 10.2. The molecule has 0 saturated carbocycles. The predicted molar refractivity (Wildman–Crippen MR) is 90.7 cm³/mol. The maximum atomic E-state index is 11.9. The average Bonchev–Trinajstić information content (AvgIpc) is 2.56. The normalized spacial score (nSPS) is 16.0. The maximum Gasteiger partial charge on any atom is 0.248 e. The molecule has 6 heteroatoms. The van der Waals surface area contributed by atoms with Crippen molar-refractivity contribution in [1.29, 1.82) is 0 Å². The van der Waals surface area contributed by atoms with Crippen molar-refractivity contribution in [2.24, 2.45) is 0 Å². The molecule has 1 fully saturated rings. The van der Waals surface area contributed by atoms with Crippen LogP contribution in [0.1, 0.15) is 32.6 Å². The third kappa shape index (κ3) is 10.7. The third-order valence-corrected chi connectivity index (χ3v) is 3.94. The van der Waals surface area contributed by atoms with Gasteiger partial charge in [0, 0.05) is 59.2 Å². The van der Waals surface area contributed by atoms with Crippen LogP contribution >= 0.6 is 0 Å². The molecule has 0 atom stereocenters. The number of rotatable bonds is 13. The van der Waals surface area contributed by atoms with Crippen LogP contribution in [0.4, 0.5) is 0 Å². The van der Waals surface area contributed by atoms with E-state index in [0.29, 0.717) is 13.2 Å². The fourth-order valence-corrected chi connectivity index (χ4v) is 2.40. The molecule has 0 aliphatic carbocycles. The average molecular weight is 330 g/mol. The monoisotopic (exact) mass is 330 g/mol. The van der Waals surface area contributed by atoms with Crippen molar-refractivity contribution >= 4 is 5.91 Å². The number of amides is 1. The summed E-state index contributed by atoms with van der Waals surface area (Å²) in [5.74, 6) is 0.105. The largest absolute Gasteiger partial charge is 0.382 e. The smallest absolute Gasteiger partial charge is 0.248 e. The van der Waals surface area contributed by atoms with E-state index in [4.69, 9.17) is 14.2 Å². The first-order valence-corrected chi connectivity index (χ1v) is 8.93. The van der Waals surface area contributed by atoms with Crippen molar-refractivity contribution in [2.45, 2.75) is 32.6 Å². The van der Waals surface area contributed by atoms with Gasteiger partial charge in [0.25, 0.3) is 0 Å². The van der Waals surface area contributed by atoms with E-state index in [-0.39, 0.29) is 12.5 Å². The zero-order valence-corrected chi connectivity index (χ0v) is 14.9. The second-order valence-electron chi connectivity index (χ2n) is 5.96. The molecule has 1 amide bonds. The number of carbonyl (C=O) groups excluding carboxylic acids is 1. The van der Waals surface area contributed by atoms with Crippen LogP contribution in [0, 0.1) is 0 Å². The Balaban J connectivity index is 1.81. The highest BCUT2D eigenvalue weighted by Gasteiger charge is 2.18. The van der Waals surface area contributed by atoms with Crippen LogP contribution in [-0.2, 0) is 19.0 Å². The lowest BCUT2D eigenvalue weighted by molar-refractivity contribution is -0.137. The number of piperazine rings is 1. The molecular formula is C17H34N2O4. The highest BCUT2D eigenvalue weighted by atomic mass is 16.5. The number of nitrogens with zero attached hydrogens (tertiary/aromatic N) is 2. The van der Waals surface area contributed by atoms with Crippen LogP contribution in [0.5, 0.6) is 0 Å². The zero-order chi connectivity index (χ0) is 16.8. The van der Waals surface area contributed by atoms with Crippen LogP contribution in [-0.4, -0.2) is 88.6 Å². The van der Waals surface area contributed by atoms with Crippen LogP contribution in [0.25, 0.3) is 0 Å². The first kappa shape index (κ1) is 20.4. The summed E-state index contributed by atoms with van der Waals surface area (Å²) in [6.07, 6.45) is 4.18. The van der Waals surface area contributed by atoms with Crippen molar-refractivity contribution in [1.82, 2.24) is 9.80 Å². The Kier molecular flexibility index (Phi) is 12.1. The molecule has 0 aromatic rings. The number of ether oxygens (including phenoxy) is 3. The minimum atomic E-state index is 0.105. The van der Waals surface area contributed by atoms with Gasteiger partial charge in [-0.05, 0) is 39.7 Å². The lowest BCUT2D eigenvalue weighted by Gasteiger charge is -2.32. The molecule has 136 valence electrons. The predicted octanol–water partition coefficient (Wildman–Crippen LogP) is 1.39. The molecule has 0 unspecified atom stereocenters. The van der Waals surface area contributed by atoms with E-state index in [1.807, 2.05) is 11.8 Å². The molecule has 0 N–H and O–H groups in total. The third-order valence-electron chi connectivity index (χ3n) is 3.94. The molecule has 1 aliphatic rings. The number of carbonyl (C=O) groups is 1. The topological polar surface area (TPSA) is 51.2 Å². The fraction of sp³-hybridized carbons (Fsp3) is 0.941. The van der Waals surface area contributed by atoms with Gasteiger partial charge >= 0.3 is 0 Å². The van der Waals surface area contributed by atoms with E-state index in [1.54, 1.807) is 0 Å². The van der Waals surface area contributed by atoms with Crippen LogP contribution in [0.2, 0.25) is 0 Å². The number of hydrogen-bond donors (Lipinski definition) is 0. The fourth-order valence-electron chi connectivity index (χ4n) is 2.40. The van der Waals surface area contributed by atoms with E-state index in [2.05, 4.69) is 11.9 Å². The first-order chi connectivity index (χ1) is 11.2. The summed E-state index contributed by atoms with van der Waals surface area (Å²) >= 11 is 0. The zero-order valence-electron chi connectivity index (χ0n) is 14.9. The molecule has 6 nitrogen and oxygen atoms in total. The molecule has 1 heterocycles. The summed E-state index contributed by atoms with van der Waals surface area (Å²) in [6.45, 7) is 9.47. The number of hydrogen-bond acceptors (Lipinski definition) is 5. The Bertz CT molecular complexity index is 294. The highest BCUT2D eigenvalue weighted by Crippen LogP contribution is 2.00. The summed E-state index contributed by atoms with van der Waals surface area (Å²) in [6, 6.07) is 0. The lowest BCUT2D eigenvalue weighted by Crippen LogP contribution is -2.48. The Morgan fingerprint density at radius 3 is 2.13 bits per heavy atom. The first-order valence-electron chi connectivity index (χ1n) is 8.93. The van der Waals surface area contributed by atoms with Gasteiger partial charge in [-0.2, -0.15) is 0 Å². The van der Waals surface area contributed by atoms with Crippen LogP contribution in [0.3, 0.4) is 0 Å². The van der Waals surface area contributed by atoms with Gasteiger partial charge in [0.05, 0.1) is 0 Å². The summed E-state index contributed by atoms with van der Waals surface area (Å²) in [4.78, 5) is 16.1. The molecule has 0 aromatic heterocycles. The van der Waals surface area contributed by atoms with Crippen molar-refractivity contribution < 1.29 is 19.0 Å². The number of unbranched alkanes of at least 4 members (excludes halogenated alkanes) is 2. The Morgan fingerprint density at radius 1 is 0.826 bits per heavy atom. The van der Waals surface area contributed by atoms with E-state index < -0.39 is 0 Å². The van der Waals surface area contributed by atoms with Gasteiger partial charge in [-0.25, -0.2) is 0 Å². The maximum absolute atomic E-state index is 11.9. The molecule has 0 radical (unpaired) electrons. The van der Waals surface area contributed by atoms with Crippen molar-refractivity contribution in [2.75, 3.05) is 72.9 Å². The summed E-state index contributed by atoms with van der Waals surface area (Å²) in [5, 5.41) is 0. The van der Waals surface area contributed by atoms with Gasteiger partial charge in [-0.3, -0.25) is 4.79 Å². The van der Waals surface area contributed by atoms with Crippen molar-refractivity contribution in [3.8, 4) is 0 Å². The molecule has 0 aromatic carbocycles. The minimum Gasteiger partial charge on any atom is -0.382 e. The molecule has 1 rings (SSSR count). The van der Waals surface area contributed by atoms with E-state index in [0.717, 1.165) is 71.7 Å². The summed E-state index contributed by atoms with van der Waals surface area (Å²) in [5.41, 5.74) is 0. The Hall–Kier alpha value is -0.690. The summed E-state index contributed by atoms with van der Waals surface area (Å²) in [7, 11) is 2.08. The van der Waals surface area contributed by atoms with Gasteiger partial charge in [0.2, 0.25) is 5.91 Å². The van der Waals surface area contributed by atoms with E-state index in [9.17, 15) is 4.79 Å². The quantitative estimate of drug-likeness (QED) is 0.478. The second-order valence-corrected chi connectivity index (χ2v) is 5.96. The Labute approximate surface area is 141 Å². The molecular weight excluding hydrogens is 296 g/mol. The molecule has 1 saturated heterocycles. The van der Waals surface area contributed by atoms with Crippen molar-refractivity contribution in [3.63, 3.8) is 0 Å². The summed E-state index contributed by atoms with van der Waals surface area (Å²) < 4.78 is 16.3. The molecule has 1 aliphatic heterocycles. The van der Waals surface area contributed by atoms with Gasteiger partial charge < -0.3 is 24.0 Å². The van der Waals surface area contributed by atoms with Gasteiger partial charge in [0.1, 0.15) is 6.61 Å². The van der Waals surface area contributed by atoms with Crippen LogP contribution < -0.4 is 0 Å². The minimum absolute atomic E-state index is 0.105. The van der Waals surface area contributed by atoms with Gasteiger partial charge in [0.15, 0.2) is 0 Å². The SMILES string of the molecule is CCOCCCCCOCCCOCC(=O)N1CCN(C)CC1. The van der Waals surface area contributed by atoms with Gasteiger partial charge in [-0.15, -0.1) is 0 Å². The molecule has 23 heavy (non-hydrogen) atoms. The standard InChI is InChI=1S/C17H34N2O4/c1-3-21-12-5-4-6-13-22-14-7-15-23-16-17(20)19-10-8-18(2)9-11-19/h3-16H2,1-2H3.